The van der Waals surface area contributed by atoms with Crippen LogP contribution in [-0.2, 0) is 4.79 Å². The first-order valence-corrected chi connectivity index (χ1v) is 5.85. The molecule has 1 saturated heterocycles. The van der Waals surface area contributed by atoms with Crippen molar-refractivity contribution in [1.82, 2.24) is 15.5 Å². The van der Waals surface area contributed by atoms with Crippen molar-refractivity contribution in [3.63, 3.8) is 0 Å². The topological polar surface area (TPSA) is 44.4 Å². The zero-order chi connectivity index (χ0) is 11.3. The van der Waals surface area contributed by atoms with E-state index in [9.17, 15) is 4.79 Å². The van der Waals surface area contributed by atoms with Crippen LogP contribution in [0, 0.1) is 0 Å². The number of carbonyl (C=O) groups excluding carboxylic acids is 1. The summed E-state index contributed by atoms with van der Waals surface area (Å²) >= 11 is 0. The van der Waals surface area contributed by atoms with Gasteiger partial charge in [0.1, 0.15) is 0 Å². The number of likely N-dealkylation sites (tertiary alicyclic amines) is 1. The van der Waals surface area contributed by atoms with Gasteiger partial charge in [-0.25, -0.2) is 0 Å². The molecule has 2 atom stereocenters. The number of rotatable bonds is 4. The van der Waals surface area contributed by atoms with Crippen molar-refractivity contribution in [2.45, 2.75) is 38.8 Å². The van der Waals surface area contributed by atoms with Gasteiger partial charge in [0.15, 0.2) is 0 Å². The number of hydrogen-bond acceptors (Lipinski definition) is 3. The van der Waals surface area contributed by atoms with Crippen LogP contribution in [0.2, 0.25) is 0 Å². The molecular formula is C11H23N3O. The molecule has 1 amide bonds. The van der Waals surface area contributed by atoms with Gasteiger partial charge in [-0.15, -0.1) is 0 Å². The van der Waals surface area contributed by atoms with Gasteiger partial charge in [0.2, 0.25) is 5.91 Å². The van der Waals surface area contributed by atoms with Crippen LogP contribution in [0.5, 0.6) is 0 Å². The number of nitrogens with zero attached hydrogens (tertiary/aromatic N) is 1. The average Bonchev–Trinajstić information content (AvgIpc) is 2.18. The molecule has 0 spiro atoms. The molecule has 0 aliphatic carbocycles. The van der Waals surface area contributed by atoms with Crippen LogP contribution < -0.4 is 10.6 Å². The Morgan fingerprint density at radius 1 is 1.60 bits per heavy atom. The Bertz CT molecular complexity index is 208. The van der Waals surface area contributed by atoms with Gasteiger partial charge in [-0.2, -0.15) is 0 Å². The minimum atomic E-state index is -0.0820. The first-order chi connectivity index (χ1) is 7.13. The third kappa shape index (κ3) is 4.18. The Labute approximate surface area is 92.4 Å². The van der Waals surface area contributed by atoms with Gasteiger partial charge in [-0.1, -0.05) is 0 Å². The number of piperidine rings is 1. The van der Waals surface area contributed by atoms with E-state index in [1.165, 1.54) is 19.4 Å². The molecule has 1 aliphatic rings. The average molecular weight is 213 g/mol. The second kappa shape index (κ2) is 6.08. The van der Waals surface area contributed by atoms with Crippen LogP contribution in [0.3, 0.4) is 0 Å². The van der Waals surface area contributed by atoms with Gasteiger partial charge < -0.3 is 15.5 Å². The lowest BCUT2D eigenvalue weighted by Gasteiger charge is -2.32. The van der Waals surface area contributed by atoms with Crippen molar-refractivity contribution >= 4 is 5.91 Å². The van der Waals surface area contributed by atoms with E-state index in [0.29, 0.717) is 12.6 Å². The highest BCUT2D eigenvalue weighted by Crippen LogP contribution is 2.08. The zero-order valence-corrected chi connectivity index (χ0v) is 10.0. The predicted molar refractivity (Wildman–Crippen MR) is 61.8 cm³/mol. The Kier molecular flexibility index (Phi) is 5.05. The van der Waals surface area contributed by atoms with Crippen LogP contribution in [0.4, 0.5) is 0 Å². The van der Waals surface area contributed by atoms with Gasteiger partial charge in [0.25, 0.3) is 0 Å². The summed E-state index contributed by atoms with van der Waals surface area (Å²) in [7, 11) is 2.13. The Morgan fingerprint density at radius 2 is 2.33 bits per heavy atom. The lowest BCUT2D eigenvalue weighted by Crippen LogP contribution is -2.51. The molecule has 88 valence electrons. The molecule has 0 bridgehead atoms. The molecule has 4 heteroatoms. The number of nitrogens with one attached hydrogen (secondary N) is 2. The van der Waals surface area contributed by atoms with Crippen LogP contribution in [0.15, 0.2) is 0 Å². The largest absolute Gasteiger partial charge is 0.355 e. The minimum absolute atomic E-state index is 0.0820. The van der Waals surface area contributed by atoms with Crippen LogP contribution in [0.25, 0.3) is 0 Å². The summed E-state index contributed by atoms with van der Waals surface area (Å²) in [5.41, 5.74) is 0. The normalized spacial score (nSPS) is 24.9. The molecule has 1 fully saturated rings. The van der Waals surface area contributed by atoms with Crippen LogP contribution in [-0.4, -0.2) is 49.6 Å². The Balaban J connectivity index is 2.30. The summed E-state index contributed by atoms with van der Waals surface area (Å²) in [4.78, 5) is 13.8. The quantitative estimate of drug-likeness (QED) is 0.701. The molecule has 0 aromatic rings. The molecule has 0 aromatic heterocycles. The fourth-order valence-electron chi connectivity index (χ4n) is 2.06. The maximum atomic E-state index is 11.5. The molecule has 2 N–H and O–H groups in total. The van der Waals surface area contributed by atoms with Crippen molar-refractivity contribution in [2.24, 2.45) is 0 Å². The summed E-state index contributed by atoms with van der Waals surface area (Å²) in [6.07, 6.45) is 2.39. The Morgan fingerprint density at radius 3 is 2.93 bits per heavy atom. The maximum absolute atomic E-state index is 11.5. The summed E-state index contributed by atoms with van der Waals surface area (Å²) in [5, 5.41) is 6.21. The lowest BCUT2D eigenvalue weighted by atomic mass is 10.1. The second-order valence-electron chi connectivity index (χ2n) is 4.38. The molecule has 2 unspecified atom stereocenters. The molecule has 1 rings (SSSR count). The Hall–Kier alpha value is -0.610. The van der Waals surface area contributed by atoms with E-state index in [4.69, 9.17) is 0 Å². The highest BCUT2D eigenvalue weighted by Gasteiger charge is 2.21. The third-order valence-corrected chi connectivity index (χ3v) is 2.85. The summed E-state index contributed by atoms with van der Waals surface area (Å²) in [6.45, 7) is 6.80. The van der Waals surface area contributed by atoms with Crippen molar-refractivity contribution in [3.8, 4) is 0 Å². The summed E-state index contributed by atoms with van der Waals surface area (Å²) in [5.74, 6) is 0.103. The first-order valence-electron chi connectivity index (χ1n) is 5.85. The number of likely N-dealkylation sites (N-methyl/N-ethyl adjacent to an activating group) is 2. The number of carbonyl (C=O) groups is 1. The van der Waals surface area contributed by atoms with E-state index in [0.717, 1.165) is 6.54 Å². The van der Waals surface area contributed by atoms with E-state index in [1.807, 2.05) is 13.8 Å². The molecule has 15 heavy (non-hydrogen) atoms. The van der Waals surface area contributed by atoms with Gasteiger partial charge in [-0.3, -0.25) is 4.79 Å². The van der Waals surface area contributed by atoms with Crippen molar-refractivity contribution in [1.29, 1.82) is 0 Å². The monoisotopic (exact) mass is 213 g/mol. The standard InChI is InChI=1S/C11H23N3O/c1-4-12-11(15)9(2)13-10-6-5-7-14(3)8-10/h9-10,13H,4-8H2,1-3H3,(H,12,15). The fraction of sp³-hybridized carbons (Fsp3) is 0.909. The SMILES string of the molecule is CCNC(=O)C(C)NC1CCCN(C)C1. The highest BCUT2D eigenvalue weighted by atomic mass is 16.2. The van der Waals surface area contributed by atoms with Crippen molar-refractivity contribution in [3.05, 3.63) is 0 Å². The molecule has 4 nitrogen and oxygen atoms in total. The summed E-state index contributed by atoms with van der Waals surface area (Å²) in [6, 6.07) is 0.378. The first kappa shape index (κ1) is 12.5. The van der Waals surface area contributed by atoms with Gasteiger partial charge in [0.05, 0.1) is 6.04 Å². The van der Waals surface area contributed by atoms with Gasteiger partial charge >= 0.3 is 0 Å². The maximum Gasteiger partial charge on any atom is 0.236 e. The van der Waals surface area contributed by atoms with E-state index < -0.39 is 0 Å². The fourth-order valence-corrected chi connectivity index (χ4v) is 2.06. The van der Waals surface area contributed by atoms with Gasteiger partial charge in [-0.05, 0) is 40.3 Å². The minimum Gasteiger partial charge on any atom is -0.355 e. The van der Waals surface area contributed by atoms with E-state index in [2.05, 4.69) is 22.6 Å². The smallest absolute Gasteiger partial charge is 0.236 e. The molecule has 0 radical (unpaired) electrons. The lowest BCUT2D eigenvalue weighted by molar-refractivity contribution is -0.122. The zero-order valence-electron chi connectivity index (χ0n) is 10.0. The number of amides is 1. The molecule has 0 saturated carbocycles. The van der Waals surface area contributed by atoms with E-state index in [1.54, 1.807) is 0 Å². The van der Waals surface area contributed by atoms with Crippen molar-refractivity contribution < 1.29 is 4.79 Å². The van der Waals surface area contributed by atoms with Gasteiger partial charge in [0, 0.05) is 19.1 Å². The predicted octanol–water partition coefficient (Wildman–Crippen LogP) is 0.195. The third-order valence-electron chi connectivity index (χ3n) is 2.85. The highest BCUT2D eigenvalue weighted by molar-refractivity contribution is 5.81. The van der Waals surface area contributed by atoms with Crippen LogP contribution in [0.1, 0.15) is 26.7 Å². The molecular weight excluding hydrogens is 190 g/mol. The second-order valence-corrected chi connectivity index (χ2v) is 4.38. The van der Waals surface area contributed by atoms with Crippen LogP contribution >= 0.6 is 0 Å². The number of hydrogen-bond donors (Lipinski definition) is 2. The summed E-state index contributed by atoms with van der Waals surface area (Å²) < 4.78 is 0. The van der Waals surface area contributed by atoms with Crippen molar-refractivity contribution in [2.75, 3.05) is 26.7 Å². The molecule has 1 heterocycles. The molecule has 0 aromatic carbocycles. The van der Waals surface area contributed by atoms with E-state index >= 15 is 0 Å². The van der Waals surface area contributed by atoms with E-state index in [-0.39, 0.29) is 11.9 Å². The molecule has 1 aliphatic heterocycles.